The summed E-state index contributed by atoms with van der Waals surface area (Å²) in [5, 5.41) is 6.62. The first-order chi connectivity index (χ1) is 12.0. The van der Waals surface area contributed by atoms with Crippen LogP contribution in [-0.4, -0.2) is 25.5 Å². The van der Waals surface area contributed by atoms with E-state index in [9.17, 15) is 4.79 Å². The molecule has 0 aliphatic heterocycles. The van der Waals surface area contributed by atoms with Crippen LogP contribution < -0.4 is 10.9 Å². The van der Waals surface area contributed by atoms with E-state index >= 15 is 0 Å². The molecule has 0 radical (unpaired) electrons. The number of fused-ring (bicyclic) bond motifs is 1. The fourth-order valence-electron chi connectivity index (χ4n) is 3.03. The molecule has 5 heteroatoms. The Labute approximate surface area is 152 Å². The maximum atomic E-state index is 12.0. The van der Waals surface area contributed by atoms with Crippen LogP contribution in [0.3, 0.4) is 0 Å². The van der Waals surface area contributed by atoms with E-state index in [1.54, 1.807) is 17.4 Å². The van der Waals surface area contributed by atoms with Gasteiger partial charge in [0, 0.05) is 29.4 Å². The topological polar surface area (TPSA) is 45.5 Å². The molecule has 0 saturated heterocycles. The van der Waals surface area contributed by atoms with Gasteiger partial charge in [-0.1, -0.05) is 18.2 Å². The fourth-order valence-corrected chi connectivity index (χ4v) is 3.96. The van der Waals surface area contributed by atoms with Gasteiger partial charge in [0.25, 0.3) is 0 Å². The molecule has 0 unspecified atom stereocenters. The van der Waals surface area contributed by atoms with E-state index in [0.717, 1.165) is 28.6 Å². The van der Waals surface area contributed by atoms with Crippen molar-refractivity contribution in [2.24, 2.45) is 0 Å². The van der Waals surface area contributed by atoms with Crippen LogP contribution >= 0.6 is 11.3 Å². The molecule has 132 valence electrons. The van der Waals surface area contributed by atoms with E-state index in [2.05, 4.69) is 47.9 Å². The summed E-state index contributed by atoms with van der Waals surface area (Å²) in [5.41, 5.74) is 3.55. The lowest BCUT2D eigenvalue weighted by Gasteiger charge is -2.23. The highest BCUT2D eigenvalue weighted by atomic mass is 32.1. The Kier molecular flexibility index (Phi) is 5.37. The van der Waals surface area contributed by atoms with Gasteiger partial charge in [0.15, 0.2) is 0 Å². The second-order valence-corrected chi connectivity index (χ2v) is 7.58. The second kappa shape index (κ2) is 7.52. The van der Waals surface area contributed by atoms with Gasteiger partial charge in [-0.15, -0.1) is 11.3 Å². The molecule has 0 bridgehead atoms. The molecule has 0 spiro atoms. The Morgan fingerprint density at radius 1 is 1.24 bits per heavy atom. The number of rotatable bonds is 6. The van der Waals surface area contributed by atoms with Crippen molar-refractivity contribution in [3.8, 4) is 0 Å². The summed E-state index contributed by atoms with van der Waals surface area (Å²) in [4.78, 5) is 15.5. The molecule has 1 atom stereocenters. The molecule has 3 aromatic rings. The van der Waals surface area contributed by atoms with Crippen molar-refractivity contribution < 1.29 is 4.42 Å². The lowest BCUT2D eigenvalue weighted by Crippen LogP contribution is -2.30. The average Bonchev–Trinajstić information content (AvgIpc) is 3.09. The number of benzene rings is 1. The van der Waals surface area contributed by atoms with Gasteiger partial charge in [-0.3, -0.25) is 0 Å². The summed E-state index contributed by atoms with van der Waals surface area (Å²) >= 11 is 1.77. The van der Waals surface area contributed by atoms with E-state index < -0.39 is 0 Å². The summed E-state index contributed by atoms with van der Waals surface area (Å²) in [6.07, 6.45) is 0. The molecule has 0 fully saturated rings. The lowest BCUT2D eigenvalue weighted by atomic mass is 10.0. The van der Waals surface area contributed by atoms with Gasteiger partial charge < -0.3 is 14.6 Å². The largest absolute Gasteiger partial charge is 0.422 e. The molecule has 1 N–H and O–H groups in total. The highest BCUT2D eigenvalue weighted by Gasteiger charge is 2.15. The SMILES string of the molecule is Cc1ccc2c(CNC[C@@H](c3cccs3)N(C)C)cc(=O)oc2c1C. The highest BCUT2D eigenvalue weighted by Crippen LogP contribution is 2.24. The third-order valence-electron chi connectivity index (χ3n) is 4.67. The zero-order valence-corrected chi connectivity index (χ0v) is 15.9. The van der Waals surface area contributed by atoms with Gasteiger partial charge in [0.2, 0.25) is 0 Å². The van der Waals surface area contributed by atoms with Crippen molar-refractivity contribution in [1.82, 2.24) is 10.2 Å². The zero-order valence-electron chi connectivity index (χ0n) is 15.1. The fraction of sp³-hybridized carbons (Fsp3) is 0.350. The van der Waals surface area contributed by atoms with Crippen LogP contribution in [0.2, 0.25) is 0 Å². The quantitative estimate of drug-likeness (QED) is 0.681. The Morgan fingerprint density at radius 2 is 2.04 bits per heavy atom. The summed E-state index contributed by atoms with van der Waals surface area (Å²) in [6, 6.07) is 10.3. The molecular weight excluding hydrogens is 332 g/mol. The van der Waals surface area contributed by atoms with Crippen LogP contribution in [0, 0.1) is 13.8 Å². The van der Waals surface area contributed by atoms with Gasteiger partial charge in [-0.25, -0.2) is 4.79 Å². The molecule has 1 aromatic carbocycles. The normalized spacial score (nSPS) is 12.8. The maximum absolute atomic E-state index is 12.0. The summed E-state index contributed by atoms with van der Waals surface area (Å²) in [5.74, 6) is 0. The Bertz CT molecular complexity index is 913. The smallest absolute Gasteiger partial charge is 0.336 e. The molecule has 0 aliphatic carbocycles. The van der Waals surface area contributed by atoms with E-state index in [1.165, 1.54) is 4.88 Å². The monoisotopic (exact) mass is 356 g/mol. The van der Waals surface area contributed by atoms with Crippen molar-refractivity contribution in [2.75, 3.05) is 20.6 Å². The molecule has 2 heterocycles. The predicted molar refractivity (Wildman–Crippen MR) is 104 cm³/mol. The molecule has 4 nitrogen and oxygen atoms in total. The van der Waals surface area contributed by atoms with Gasteiger partial charge in [-0.2, -0.15) is 0 Å². The first-order valence-corrected chi connectivity index (χ1v) is 9.29. The first-order valence-electron chi connectivity index (χ1n) is 8.41. The molecule has 2 aromatic heterocycles. The number of nitrogens with one attached hydrogen (secondary N) is 1. The maximum Gasteiger partial charge on any atom is 0.336 e. The van der Waals surface area contributed by atoms with Gasteiger partial charge in [-0.05, 0) is 56.1 Å². The Balaban J connectivity index is 1.81. The first kappa shape index (κ1) is 17.9. The third kappa shape index (κ3) is 3.84. The standard InChI is InChI=1S/C20H24N2O2S/c1-13-7-8-16-15(10-19(23)24-20(16)14(13)2)11-21-12-17(22(3)4)18-6-5-9-25-18/h5-10,17,21H,11-12H2,1-4H3/t17-/m0/s1. The Morgan fingerprint density at radius 3 is 2.72 bits per heavy atom. The number of hydrogen-bond donors (Lipinski definition) is 1. The van der Waals surface area contributed by atoms with E-state index in [4.69, 9.17) is 4.42 Å². The number of thiophene rings is 1. The summed E-state index contributed by atoms with van der Waals surface area (Å²) in [7, 11) is 4.18. The van der Waals surface area contributed by atoms with Gasteiger partial charge in [0.05, 0.1) is 6.04 Å². The van der Waals surface area contributed by atoms with Gasteiger partial charge >= 0.3 is 5.63 Å². The molecule has 3 rings (SSSR count). The van der Waals surface area contributed by atoms with Crippen LogP contribution in [0.5, 0.6) is 0 Å². The molecule has 25 heavy (non-hydrogen) atoms. The van der Waals surface area contributed by atoms with Gasteiger partial charge in [0.1, 0.15) is 5.58 Å². The van der Waals surface area contributed by atoms with Crippen LogP contribution in [0.15, 0.2) is 44.9 Å². The molecule has 0 amide bonds. The number of nitrogens with zero attached hydrogens (tertiary/aromatic N) is 1. The van der Waals surface area contributed by atoms with Crippen molar-refractivity contribution in [3.05, 3.63) is 67.7 Å². The average molecular weight is 356 g/mol. The van der Waals surface area contributed by atoms with E-state index in [-0.39, 0.29) is 5.63 Å². The third-order valence-corrected chi connectivity index (χ3v) is 5.64. The van der Waals surface area contributed by atoms with Crippen LogP contribution in [0.4, 0.5) is 0 Å². The lowest BCUT2D eigenvalue weighted by molar-refractivity contribution is 0.292. The minimum Gasteiger partial charge on any atom is -0.422 e. The minimum absolute atomic E-state index is 0.291. The Hall–Kier alpha value is -1.95. The van der Waals surface area contributed by atoms with Crippen molar-refractivity contribution in [1.29, 1.82) is 0 Å². The van der Waals surface area contributed by atoms with Crippen molar-refractivity contribution >= 4 is 22.3 Å². The molecule has 0 aliphatic rings. The van der Waals surface area contributed by atoms with Crippen LogP contribution in [0.1, 0.15) is 27.6 Å². The number of likely N-dealkylation sites (N-methyl/N-ethyl adjacent to an activating group) is 1. The highest BCUT2D eigenvalue weighted by molar-refractivity contribution is 7.10. The zero-order chi connectivity index (χ0) is 18.0. The van der Waals surface area contributed by atoms with Crippen LogP contribution in [-0.2, 0) is 6.54 Å². The molecule has 0 saturated carbocycles. The molecular formula is C20H24N2O2S. The summed E-state index contributed by atoms with van der Waals surface area (Å²) < 4.78 is 5.45. The summed E-state index contributed by atoms with van der Waals surface area (Å²) in [6.45, 7) is 5.49. The minimum atomic E-state index is -0.291. The predicted octanol–water partition coefficient (Wildman–Crippen LogP) is 3.86. The van der Waals surface area contributed by atoms with Crippen LogP contribution in [0.25, 0.3) is 11.0 Å². The number of aryl methyl sites for hydroxylation is 2. The van der Waals surface area contributed by atoms with Crippen molar-refractivity contribution in [3.63, 3.8) is 0 Å². The second-order valence-electron chi connectivity index (χ2n) is 6.60. The van der Waals surface area contributed by atoms with Crippen molar-refractivity contribution in [2.45, 2.75) is 26.4 Å². The van der Waals surface area contributed by atoms with E-state index in [1.807, 2.05) is 19.9 Å². The van der Waals surface area contributed by atoms with E-state index in [0.29, 0.717) is 18.2 Å². The number of hydrogen-bond acceptors (Lipinski definition) is 5.